The predicted molar refractivity (Wildman–Crippen MR) is 59.7 cm³/mol. The van der Waals surface area contributed by atoms with Crippen molar-refractivity contribution in [1.29, 1.82) is 0 Å². The van der Waals surface area contributed by atoms with Gasteiger partial charge in [0.05, 0.1) is 16.4 Å². The molecule has 0 unspecified atom stereocenters. The molecule has 0 amide bonds. The van der Waals surface area contributed by atoms with Gasteiger partial charge in [-0.2, -0.15) is 5.10 Å². The Bertz CT molecular complexity index is 580. The largest absolute Gasteiger partial charge is 0.481 e. The van der Waals surface area contributed by atoms with E-state index < -0.39 is 11.8 Å². The average molecular weight is 287 g/mol. The molecule has 84 valence electrons. The van der Waals surface area contributed by atoms with Crippen molar-refractivity contribution in [2.24, 2.45) is 7.05 Å². The van der Waals surface area contributed by atoms with Gasteiger partial charge in [0.25, 0.3) is 0 Å². The molecule has 0 saturated carbocycles. The number of halogens is 2. The number of aromatic nitrogens is 2. The minimum atomic E-state index is -1.00. The maximum Gasteiger partial charge on any atom is 0.307 e. The lowest BCUT2D eigenvalue weighted by atomic mass is 10.1. The molecular formula is C10H8BrFN2O2. The number of carboxylic acid groups (broad SMARTS) is 1. The van der Waals surface area contributed by atoms with E-state index in [4.69, 9.17) is 5.11 Å². The second kappa shape index (κ2) is 3.86. The number of aliphatic carboxylic acids is 1. The minimum absolute atomic E-state index is 0.190. The van der Waals surface area contributed by atoms with Crippen molar-refractivity contribution in [1.82, 2.24) is 9.78 Å². The van der Waals surface area contributed by atoms with Crippen LogP contribution in [0.15, 0.2) is 16.7 Å². The number of aryl methyl sites for hydroxylation is 1. The van der Waals surface area contributed by atoms with Gasteiger partial charge in [-0.15, -0.1) is 0 Å². The highest BCUT2D eigenvalue weighted by molar-refractivity contribution is 9.10. The Kier molecular flexibility index (Phi) is 2.67. The smallest absolute Gasteiger partial charge is 0.307 e. The molecule has 0 fully saturated rings. The molecule has 6 heteroatoms. The van der Waals surface area contributed by atoms with Crippen LogP contribution in [0.2, 0.25) is 0 Å². The van der Waals surface area contributed by atoms with Crippen molar-refractivity contribution in [2.45, 2.75) is 6.42 Å². The molecule has 2 rings (SSSR count). The van der Waals surface area contributed by atoms with Crippen molar-refractivity contribution in [2.75, 3.05) is 0 Å². The van der Waals surface area contributed by atoms with Crippen LogP contribution in [0.1, 0.15) is 5.56 Å². The third-order valence-corrected chi connectivity index (χ3v) is 3.11. The van der Waals surface area contributed by atoms with Crippen molar-refractivity contribution < 1.29 is 14.3 Å². The number of hydrogen-bond donors (Lipinski definition) is 1. The van der Waals surface area contributed by atoms with Gasteiger partial charge >= 0.3 is 5.97 Å². The molecule has 4 nitrogen and oxygen atoms in total. The van der Waals surface area contributed by atoms with Gasteiger partial charge in [-0.3, -0.25) is 9.48 Å². The summed E-state index contributed by atoms with van der Waals surface area (Å²) in [5.41, 5.74) is 0.870. The van der Waals surface area contributed by atoms with E-state index in [1.165, 1.54) is 10.7 Å². The molecule has 1 heterocycles. The van der Waals surface area contributed by atoms with Crippen LogP contribution in [0.25, 0.3) is 10.9 Å². The van der Waals surface area contributed by atoms with Crippen molar-refractivity contribution in [3.05, 3.63) is 28.1 Å². The van der Waals surface area contributed by atoms with E-state index in [2.05, 4.69) is 21.0 Å². The maximum atomic E-state index is 13.5. The lowest BCUT2D eigenvalue weighted by Crippen LogP contribution is -2.02. The van der Waals surface area contributed by atoms with Crippen molar-refractivity contribution in [3.63, 3.8) is 0 Å². The summed E-state index contributed by atoms with van der Waals surface area (Å²) >= 11 is 3.06. The zero-order valence-corrected chi connectivity index (χ0v) is 9.95. The van der Waals surface area contributed by atoms with E-state index in [9.17, 15) is 9.18 Å². The molecule has 0 radical (unpaired) electrons. The summed E-state index contributed by atoms with van der Waals surface area (Å²) in [5, 5.41) is 13.5. The van der Waals surface area contributed by atoms with E-state index in [1.807, 2.05) is 0 Å². The molecule has 0 aliphatic heterocycles. The van der Waals surface area contributed by atoms with Crippen LogP contribution < -0.4 is 0 Å². The Morgan fingerprint density at radius 1 is 1.69 bits per heavy atom. The highest BCUT2D eigenvalue weighted by Crippen LogP contribution is 2.29. The lowest BCUT2D eigenvalue weighted by molar-refractivity contribution is -0.136. The van der Waals surface area contributed by atoms with E-state index in [1.54, 1.807) is 13.2 Å². The summed E-state index contributed by atoms with van der Waals surface area (Å²) in [6.45, 7) is 0. The molecule has 0 aliphatic carbocycles. The first-order valence-corrected chi connectivity index (χ1v) is 5.30. The summed E-state index contributed by atoms with van der Waals surface area (Å²) in [4.78, 5) is 10.7. The molecular weight excluding hydrogens is 279 g/mol. The van der Waals surface area contributed by atoms with E-state index >= 15 is 0 Å². The third kappa shape index (κ3) is 1.80. The second-order valence-electron chi connectivity index (χ2n) is 3.46. The summed E-state index contributed by atoms with van der Waals surface area (Å²) in [6.07, 6.45) is 1.44. The van der Waals surface area contributed by atoms with Crippen LogP contribution in [0, 0.1) is 5.82 Å². The Morgan fingerprint density at radius 2 is 2.38 bits per heavy atom. The molecule has 0 atom stereocenters. The van der Waals surface area contributed by atoms with Crippen LogP contribution >= 0.6 is 15.9 Å². The molecule has 0 saturated heterocycles. The monoisotopic (exact) mass is 286 g/mol. The zero-order chi connectivity index (χ0) is 11.9. The van der Waals surface area contributed by atoms with Gasteiger partial charge in [-0.25, -0.2) is 4.39 Å². The average Bonchev–Trinajstić information content (AvgIpc) is 2.53. The highest BCUT2D eigenvalue weighted by Gasteiger charge is 2.16. The Balaban J connectivity index is 2.75. The normalized spacial score (nSPS) is 10.9. The molecule has 1 aromatic carbocycles. The first kappa shape index (κ1) is 11.1. The quantitative estimate of drug-likeness (QED) is 0.920. The topological polar surface area (TPSA) is 55.1 Å². The van der Waals surface area contributed by atoms with E-state index in [0.29, 0.717) is 16.5 Å². The number of benzene rings is 1. The predicted octanol–water partition coefficient (Wildman–Crippen LogP) is 2.10. The highest BCUT2D eigenvalue weighted by atomic mass is 79.9. The van der Waals surface area contributed by atoms with E-state index in [-0.39, 0.29) is 10.9 Å². The molecule has 1 N–H and O–H groups in total. The fourth-order valence-corrected chi connectivity index (χ4v) is 2.08. The van der Waals surface area contributed by atoms with Gasteiger partial charge in [0.2, 0.25) is 0 Å². The number of rotatable bonds is 2. The maximum absolute atomic E-state index is 13.5. The SMILES string of the molecule is Cn1cc2c(CC(=O)O)c(Br)c(F)cc2n1. The third-order valence-electron chi connectivity index (χ3n) is 2.25. The minimum Gasteiger partial charge on any atom is -0.481 e. The number of nitrogens with zero attached hydrogens (tertiary/aromatic N) is 2. The van der Waals surface area contributed by atoms with Crippen LogP contribution in [0.3, 0.4) is 0 Å². The molecule has 2 aromatic rings. The number of fused-ring (bicyclic) bond motifs is 1. The molecule has 16 heavy (non-hydrogen) atoms. The molecule has 1 aromatic heterocycles. The van der Waals surface area contributed by atoms with Crippen molar-refractivity contribution in [3.8, 4) is 0 Å². The van der Waals surface area contributed by atoms with Crippen molar-refractivity contribution >= 4 is 32.8 Å². The molecule has 0 bridgehead atoms. The fourth-order valence-electron chi connectivity index (χ4n) is 1.61. The van der Waals surface area contributed by atoms with Gasteiger partial charge in [0.15, 0.2) is 0 Å². The summed E-state index contributed by atoms with van der Waals surface area (Å²) in [7, 11) is 1.70. The standard InChI is InChI=1S/C10H8BrFN2O2/c1-14-4-6-5(2-9(15)16)10(11)7(12)3-8(6)13-14/h3-4H,2H2,1H3,(H,15,16). The van der Waals surface area contributed by atoms with Crippen LogP contribution in [0.5, 0.6) is 0 Å². The zero-order valence-electron chi connectivity index (χ0n) is 8.37. The number of carbonyl (C=O) groups is 1. The number of hydrogen-bond acceptors (Lipinski definition) is 2. The first-order valence-electron chi connectivity index (χ1n) is 4.51. The van der Waals surface area contributed by atoms with Gasteiger partial charge in [0.1, 0.15) is 5.82 Å². The summed E-state index contributed by atoms with van der Waals surface area (Å²) in [6, 6.07) is 1.28. The first-order chi connectivity index (χ1) is 7.49. The molecule has 0 aliphatic rings. The summed E-state index contributed by atoms with van der Waals surface area (Å²) in [5.74, 6) is -1.50. The van der Waals surface area contributed by atoms with Gasteiger partial charge in [-0.1, -0.05) is 0 Å². The van der Waals surface area contributed by atoms with Crippen LogP contribution in [0.4, 0.5) is 4.39 Å². The van der Waals surface area contributed by atoms with Gasteiger partial charge in [0, 0.05) is 24.7 Å². The number of carboxylic acids is 1. The second-order valence-corrected chi connectivity index (χ2v) is 4.25. The Hall–Kier alpha value is -1.43. The van der Waals surface area contributed by atoms with Gasteiger partial charge < -0.3 is 5.11 Å². The summed E-state index contributed by atoms with van der Waals surface area (Å²) < 4.78 is 15.2. The van der Waals surface area contributed by atoms with Crippen LogP contribution in [-0.4, -0.2) is 20.9 Å². The van der Waals surface area contributed by atoms with Crippen LogP contribution in [-0.2, 0) is 18.3 Å². The fraction of sp³-hybridized carbons (Fsp3) is 0.200. The molecule has 0 spiro atoms. The Morgan fingerprint density at radius 3 is 3.00 bits per heavy atom. The van der Waals surface area contributed by atoms with Gasteiger partial charge in [-0.05, 0) is 21.5 Å². The lowest BCUT2D eigenvalue weighted by Gasteiger charge is -2.03. The van der Waals surface area contributed by atoms with E-state index in [0.717, 1.165) is 0 Å². The Labute approximate surface area is 98.8 Å².